The predicted octanol–water partition coefficient (Wildman–Crippen LogP) is 2.10. The van der Waals surface area contributed by atoms with Crippen molar-refractivity contribution in [2.45, 2.75) is 37.9 Å². The van der Waals surface area contributed by atoms with Crippen molar-refractivity contribution in [1.29, 1.82) is 0 Å². The summed E-state index contributed by atoms with van der Waals surface area (Å²) in [5.74, 6) is 1.27. The molecule has 0 aliphatic carbocycles. The number of rotatable bonds is 3. The molecule has 0 bridgehead atoms. The van der Waals surface area contributed by atoms with E-state index < -0.39 is 0 Å². The molecule has 2 heteroatoms. The van der Waals surface area contributed by atoms with E-state index in [9.17, 15) is 0 Å². The van der Waals surface area contributed by atoms with Crippen LogP contribution in [0, 0.1) is 5.92 Å². The van der Waals surface area contributed by atoms with E-state index in [4.69, 9.17) is 9.47 Å². The van der Waals surface area contributed by atoms with Crippen LogP contribution >= 0.6 is 0 Å². The molecule has 0 saturated carbocycles. The van der Waals surface area contributed by atoms with Crippen LogP contribution in [0.25, 0.3) is 0 Å². The summed E-state index contributed by atoms with van der Waals surface area (Å²) in [6.45, 7) is 5.65. The summed E-state index contributed by atoms with van der Waals surface area (Å²) in [7, 11) is 0. The van der Waals surface area contributed by atoms with Gasteiger partial charge in [-0.25, -0.2) is 0 Å². The molecule has 2 heterocycles. The van der Waals surface area contributed by atoms with Crippen LogP contribution in [0.15, 0.2) is 12.7 Å². The van der Waals surface area contributed by atoms with Crippen LogP contribution < -0.4 is 0 Å². The molecule has 0 aromatic heterocycles. The highest BCUT2D eigenvalue weighted by molar-refractivity contribution is 5.18. The second-order valence-electron chi connectivity index (χ2n) is 3.71. The van der Waals surface area contributed by atoms with E-state index in [1.807, 2.05) is 6.08 Å². The van der Waals surface area contributed by atoms with Gasteiger partial charge in [-0.05, 0) is 25.7 Å². The topological polar surface area (TPSA) is 18.5 Å². The largest absolute Gasteiger partial charge is 0.377 e. The van der Waals surface area contributed by atoms with Gasteiger partial charge >= 0.3 is 0 Å². The first-order valence-electron chi connectivity index (χ1n) is 5.14. The maximum atomic E-state index is 5.63. The molecule has 2 fully saturated rings. The van der Waals surface area contributed by atoms with E-state index in [0.717, 1.165) is 26.1 Å². The van der Waals surface area contributed by atoms with Crippen LogP contribution in [0.4, 0.5) is 0 Å². The summed E-state index contributed by atoms with van der Waals surface area (Å²) in [5, 5.41) is 0. The minimum Gasteiger partial charge on any atom is -0.377 e. The minimum atomic E-state index is 0.292. The fraction of sp³-hybridized carbons (Fsp3) is 0.727. The van der Waals surface area contributed by atoms with E-state index in [1.54, 1.807) is 0 Å². The van der Waals surface area contributed by atoms with Gasteiger partial charge in [-0.15, -0.1) is 6.58 Å². The van der Waals surface area contributed by atoms with Crippen molar-refractivity contribution in [2.24, 2.45) is 0 Å². The monoisotopic (exact) mass is 181 g/mol. The summed E-state index contributed by atoms with van der Waals surface area (Å²) < 4.78 is 11.3. The van der Waals surface area contributed by atoms with Gasteiger partial charge in [-0.3, -0.25) is 0 Å². The molecular weight excluding hydrogens is 164 g/mol. The maximum absolute atomic E-state index is 5.63. The smallest absolute Gasteiger partial charge is 0.0701 e. The highest BCUT2D eigenvalue weighted by atomic mass is 16.5. The maximum Gasteiger partial charge on any atom is 0.0701 e. The van der Waals surface area contributed by atoms with Gasteiger partial charge in [0.2, 0.25) is 0 Å². The van der Waals surface area contributed by atoms with Crippen LogP contribution in [-0.2, 0) is 9.47 Å². The lowest BCUT2D eigenvalue weighted by Gasteiger charge is -2.23. The van der Waals surface area contributed by atoms with Crippen molar-refractivity contribution in [3.05, 3.63) is 18.6 Å². The fourth-order valence-electron chi connectivity index (χ4n) is 2.15. The van der Waals surface area contributed by atoms with Gasteiger partial charge in [0.05, 0.1) is 18.1 Å². The van der Waals surface area contributed by atoms with Gasteiger partial charge in [0.15, 0.2) is 0 Å². The molecule has 0 aromatic rings. The molecule has 2 saturated heterocycles. The first-order valence-corrected chi connectivity index (χ1v) is 5.14. The van der Waals surface area contributed by atoms with E-state index in [1.165, 1.54) is 18.8 Å². The summed E-state index contributed by atoms with van der Waals surface area (Å²) in [5.41, 5.74) is 0. The Balaban J connectivity index is 1.94. The molecule has 0 spiro atoms. The molecule has 13 heavy (non-hydrogen) atoms. The summed E-state index contributed by atoms with van der Waals surface area (Å²) in [4.78, 5) is 0. The van der Waals surface area contributed by atoms with Gasteiger partial charge in [0, 0.05) is 13.2 Å². The number of hydrogen-bond acceptors (Lipinski definition) is 2. The SMILES string of the molecule is C=C[C](C1CCCO1)C1CCCO1. The van der Waals surface area contributed by atoms with Gasteiger partial charge in [-0.2, -0.15) is 0 Å². The van der Waals surface area contributed by atoms with E-state index in [0.29, 0.717) is 12.2 Å². The molecule has 73 valence electrons. The Kier molecular flexibility index (Phi) is 3.01. The minimum absolute atomic E-state index is 0.292. The van der Waals surface area contributed by atoms with Crippen molar-refractivity contribution in [3.63, 3.8) is 0 Å². The van der Waals surface area contributed by atoms with Crippen molar-refractivity contribution in [3.8, 4) is 0 Å². The molecule has 2 rings (SSSR count). The lowest BCUT2D eigenvalue weighted by molar-refractivity contribution is 0.0656. The molecule has 2 unspecified atom stereocenters. The van der Waals surface area contributed by atoms with Gasteiger partial charge in [0.25, 0.3) is 0 Å². The Morgan fingerprint density at radius 1 is 1.08 bits per heavy atom. The molecule has 2 nitrogen and oxygen atoms in total. The van der Waals surface area contributed by atoms with Crippen LogP contribution in [0.3, 0.4) is 0 Å². The van der Waals surface area contributed by atoms with Crippen LogP contribution in [0.5, 0.6) is 0 Å². The Labute approximate surface area is 79.9 Å². The Morgan fingerprint density at radius 3 is 1.92 bits per heavy atom. The first kappa shape index (κ1) is 9.22. The third-order valence-electron chi connectivity index (χ3n) is 2.84. The average molecular weight is 181 g/mol. The summed E-state index contributed by atoms with van der Waals surface area (Å²) >= 11 is 0. The van der Waals surface area contributed by atoms with Gasteiger partial charge < -0.3 is 9.47 Å². The molecule has 1 radical (unpaired) electrons. The van der Waals surface area contributed by atoms with Crippen molar-refractivity contribution >= 4 is 0 Å². The molecule has 0 amide bonds. The van der Waals surface area contributed by atoms with Crippen molar-refractivity contribution in [2.75, 3.05) is 13.2 Å². The van der Waals surface area contributed by atoms with Crippen molar-refractivity contribution in [1.82, 2.24) is 0 Å². The zero-order chi connectivity index (χ0) is 9.10. The van der Waals surface area contributed by atoms with Crippen LogP contribution in [0.2, 0.25) is 0 Å². The van der Waals surface area contributed by atoms with E-state index >= 15 is 0 Å². The van der Waals surface area contributed by atoms with E-state index in [2.05, 4.69) is 6.58 Å². The molecule has 2 atom stereocenters. The van der Waals surface area contributed by atoms with Gasteiger partial charge in [0.1, 0.15) is 0 Å². The second kappa shape index (κ2) is 4.25. The quantitative estimate of drug-likeness (QED) is 0.664. The molecule has 2 aliphatic heterocycles. The molecule has 0 N–H and O–H groups in total. The molecule has 0 aromatic carbocycles. The third kappa shape index (κ3) is 1.94. The highest BCUT2D eigenvalue weighted by Gasteiger charge is 2.33. The van der Waals surface area contributed by atoms with E-state index in [-0.39, 0.29) is 0 Å². The Hall–Kier alpha value is -0.340. The fourth-order valence-corrected chi connectivity index (χ4v) is 2.15. The predicted molar refractivity (Wildman–Crippen MR) is 51.4 cm³/mol. The van der Waals surface area contributed by atoms with Gasteiger partial charge in [-0.1, -0.05) is 6.08 Å². The second-order valence-corrected chi connectivity index (χ2v) is 3.71. The molecule has 2 aliphatic rings. The average Bonchev–Trinajstić information content (AvgIpc) is 2.76. The lowest BCUT2D eigenvalue weighted by Crippen LogP contribution is -2.27. The van der Waals surface area contributed by atoms with Crippen LogP contribution in [0.1, 0.15) is 25.7 Å². The zero-order valence-corrected chi connectivity index (χ0v) is 8.00. The third-order valence-corrected chi connectivity index (χ3v) is 2.84. The Bertz CT molecular complexity index is 151. The van der Waals surface area contributed by atoms with Crippen molar-refractivity contribution < 1.29 is 9.47 Å². The summed E-state index contributed by atoms with van der Waals surface area (Å²) in [6, 6.07) is 0. The first-order chi connectivity index (χ1) is 6.42. The van der Waals surface area contributed by atoms with Crippen LogP contribution in [-0.4, -0.2) is 25.4 Å². The molecular formula is C11H17O2. The standard InChI is InChI=1S/C11H17O2/c1-2-9(10-5-3-7-12-10)11-6-4-8-13-11/h2,10-11H,1,3-8H2. The zero-order valence-electron chi connectivity index (χ0n) is 8.00. The normalized spacial score (nSPS) is 34.2. The lowest BCUT2D eigenvalue weighted by atomic mass is 9.92. The summed E-state index contributed by atoms with van der Waals surface area (Å²) in [6.07, 6.45) is 7.15. The highest BCUT2D eigenvalue weighted by Crippen LogP contribution is 2.31. The Morgan fingerprint density at radius 2 is 1.62 bits per heavy atom. The number of hydrogen-bond donors (Lipinski definition) is 0. The number of ether oxygens (including phenoxy) is 2.